The number of halogens is 3. The highest BCUT2D eigenvalue weighted by atomic mass is 32.1. The van der Waals surface area contributed by atoms with Crippen LogP contribution in [0.2, 0.25) is 0 Å². The fourth-order valence-electron chi connectivity index (χ4n) is 3.57. The number of hydrogen-bond donors (Lipinski definition) is 2. The molecule has 0 aliphatic carbocycles. The first-order valence-electron chi connectivity index (χ1n) is 9.93. The van der Waals surface area contributed by atoms with Gasteiger partial charge in [-0.05, 0) is 31.0 Å². The molecule has 0 radical (unpaired) electrons. The molecule has 0 aliphatic rings. The lowest BCUT2D eigenvalue weighted by molar-refractivity contribution is -0.138. The zero-order chi connectivity index (χ0) is 22.8. The molecule has 0 saturated carbocycles. The first-order valence-corrected chi connectivity index (χ1v) is 10.7. The van der Waals surface area contributed by atoms with Crippen LogP contribution in [0.3, 0.4) is 0 Å². The molecule has 0 bridgehead atoms. The van der Waals surface area contributed by atoms with E-state index in [0.29, 0.717) is 12.0 Å². The Morgan fingerprint density at radius 1 is 1.32 bits per heavy atom. The predicted octanol–water partition coefficient (Wildman–Crippen LogP) is 5.05. The number of carbonyl (C=O) groups is 1. The van der Waals surface area contributed by atoms with Crippen LogP contribution in [-0.4, -0.2) is 28.2 Å². The van der Waals surface area contributed by atoms with Crippen LogP contribution in [0, 0.1) is 6.92 Å². The van der Waals surface area contributed by atoms with Gasteiger partial charge in [-0.2, -0.15) is 18.3 Å². The van der Waals surface area contributed by atoms with Crippen LogP contribution >= 0.6 is 11.3 Å². The number of ketones is 1. The third-order valence-corrected chi connectivity index (χ3v) is 6.13. The molecule has 3 aromatic rings. The van der Waals surface area contributed by atoms with E-state index in [4.69, 9.17) is 5.73 Å². The molecule has 2 heterocycles. The Morgan fingerprint density at radius 3 is 2.68 bits per heavy atom. The van der Waals surface area contributed by atoms with Gasteiger partial charge in [0.25, 0.3) is 0 Å². The first-order chi connectivity index (χ1) is 14.7. The van der Waals surface area contributed by atoms with E-state index >= 15 is 0 Å². The van der Waals surface area contributed by atoms with E-state index in [2.05, 4.69) is 10.4 Å². The van der Waals surface area contributed by atoms with Gasteiger partial charge in [0.05, 0.1) is 28.0 Å². The highest BCUT2D eigenvalue weighted by molar-refractivity contribution is 7.16. The van der Waals surface area contributed by atoms with Crippen LogP contribution in [0.15, 0.2) is 36.5 Å². The second kappa shape index (κ2) is 9.23. The Kier molecular flexibility index (Phi) is 6.86. The standard InChI is InChI=1S/C22H25F3N4OS/c1-4-19(30)17-12-27-29(3)21(17)16-10-20(31-13(16)2)28-15(11-26)9-14-7-5-6-8-18(14)22(23,24)25/h5-8,10,12,15,28H,4,9,11,26H2,1-3H3/t15-/m0/s1. The van der Waals surface area contributed by atoms with Crippen molar-refractivity contribution in [3.8, 4) is 11.3 Å². The van der Waals surface area contributed by atoms with Gasteiger partial charge in [0.15, 0.2) is 5.78 Å². The monoisotopic (exact) mass is 450 g/mol. The molecule has 9 heteroatoms. The van der Waals surface area contributed by atoms with E-state index in [9.17, 15) is 18.0 Å². The summed E-state index contributed by atoms with van der Waals surface area (Å²) in [5.41, 5.74) is 7.60. The highest BCUT2D eigenvalue weighted by Gasteiger charge is 2.33. The van der Waals surface area contributed by atoms with Crippen molar-refractivity contribution in [2.45, 2.75) is 38.9 Å². The smallest absolute Gasteiger partial charge is 0.373 e. The van der Waals surface area contributed by atoms with E-state index in [-0.39, 0.29) is 30.4 Å². The summed E-state index contributed by atoms with van der Waals surface area (Å²) < 4.78 is 41.7. The third kappa shape index (κ3) is 4.99. The van der Waals surface area contributed by atoms with E-state index in [0.717, 1.165) is 27.2 Å². The second-order valence-corrected chi connectivity index (χ2v) is 8.58. The van der Waals surface area contributed by atoms with Crippen molar-refractivity contribution < 1.29 is 18.0 Å². The zero-order valence-electron chi connectivity index (χ0n) is 17.6. The number of alkyl halides is 3. The number of aryl methyl sites for hydroxylation is 2. The van der Waals surface area contributed by atoms with Gasteiger partial charge in [-0.15, -0.1) is 11.3 Å². The Morgan fingerprint density at radius 2 is 2.03 bits per heavy atom. The molecule has 0 saturated heterocycles. The molecule has 0 aliphatic heterocycles. The molecule has 0 spiro atoms. The van der Waals surface area contributed by atoms with Gasteiger partial charge < -0.3 is 11.1 Å². The fourth-order valence-corrected chi connectivity index (χ4v) is 4.57. The largest absolute Gasteiger partial charge is 0.416 e. The number of nitrogens with two attached hydrogens (primary N) is 1. The van der Waals surface area contributed by atoms with Crippen LogP contribution in [0.5, 0.6) is 0 Å². The van der Waals surface area contributed by atoms with Crippen molar-refractivity contribution in [2.75, 3.05) is 11.9 Å². The van der Waals surface area contributed by atoms with Crippen molar-refractivity contribution in [1.82, 2.24) is 9.78 Å². The van der Waals surface area contributed by atoms with Crippen LogP contribution in [0.25, 0.3) is 11.3 Å². The van der Waals surface area contributed by atoms with E-state index in [1.807, 2.05) is 13.0 Å². The SMILES string of the molecule is CCC(=O)c1cnn(C)c1-c1cc(N[C@H](CN)Cc2ccccc2C(F)(F)F)sc1C. The molecule has 166 valence electrons. The van der Waals surface area contributed by atoms with Gasteiger partial charge in [0, 0.05) is 36.5 Å². The van der Waals surface area contributed by atoms with E-state index < -0.39 is 11.7 Å². The number of anilines is 1. The molecule has 1 atom stereocenters. The Balaban J connectivity index is 1.87. The minimum atomic E-state index is -4.41. The third-order valence-electron chi connectivity index (χ3n) is 5.15. The molecule has 3 rings (SSSR count). The summed E-state index contributed by atoms with van der Waals surface area (Å²) >= 11 is 1.47. The number of benzene rings is 1. The van der Waals surface area contributed by atoms with Gasteiger partial charge in [-0.1, -0.05) is 25.1 Å². The number of Topliss-reactive ketones (excluding diaryl/α,β-unsaturated/α-hetero) is 1. The molecule has 5 nitrogen and oxygen atoms in total. The van der Waals surface area contributed by atoms with Gasteiger partial charge in [-0.25, -0.2) is 0 Å². The summed E-state index contributed by atoms with van der Waals surface area (Å²) in [6.07, 6.45) is -2.32. The predicted molar refractivity (Wildman–Crippen MR) is 117 cm³/mol. The van der Waals surface area contributed by atoms with E-state index in [1.165, 1.54) is 23.5 Å². The number of nitrogens with one attached hydrogen (secondary N) is 1. The fraction of sp³-hybridized carbons (Fsp3) is 0.364. The topological polar surface area (TPSA) is 72.9 Å². The van der Waals surface area contributed by atoms with Crippen molar-refractivity contribution in [3.05, 3.63) is 58.1 Å². The highest BCUT2D eigenvalue weighted by Crippen LogP contribution is 2.37. The number of rotatable bonds is 8. The van der Waals surface area contributed by atoms with Gasteiger partial charge >= 0.3 is 6.18 Å². The van der Waals surface area contributed by atoms with Crippen molar-refractivity contribution >= 4 is 22.1 Å². The quantitative estimate of drug-likeness (QED) is 0.471. The summed E-state index contributed by atoms with van der Waals surface area (Å²) in [5.74, 6) is 0.00630. The first kappa shape index (κ1) is 23.0. The molecule has 0 fully saturated rings. The number of thiophene rings is 1. The van der Waals surface area contributed by atoms with E-state index in [1.54, 1.807) is 30.9 Å². The molecular formula is C22H25F3N4OS. The molecule has 0 amide bonds. The lowest BCUT2D eigenvalue weighted by Gasteiger charge is -2.20. The van der Waals surface area contributed by atoms with Gasteiger partial charge in [0.1, 0.15) is 0 Å². The molecule has 1 aromatic carbocycles. The Labute approximate surface area is 183 Å². The molecule has 2 aromatic heterocycles. The van der Waals surface area contributed by atoms with Crippen LogP contribution in [0.4, 0.5) is 18.2 Å². The van der Waals surface area contributed by atoms with Crippen LogP contribution < -0.4 is 11.1 Å². The van der Waals surface area contributed by atoms with Gasteiger partial charge in [-0.3, -0.25) is 9.48 Å². The number of carbonyl (C=O) groups excluding carboxylic acids is 1. The molecule has 31 heavy (non-hydrogen) atoms. The maximum Gasteiger partial charge on any atom is 0.416 e. The summed E-state index contributed by atoms with van der Waals surface area (Å²) in [7, 11) is 1.78. The number of aromatic nitrogens is 2. The minimum Gasteiger partial charge on any atom is -0.373 e. The van der Waals surface area contributed by atoms with Crippen LogP contribution in [0.1, 0.15) is 39.7 Å². The summed E-state index contributed by atoms with van der Waals surface area (Å²) in [4.78, 5) is 13.3. The van der Waals surface area contributed by atoms with Crippen molar-refractivity contribution in [1.29, 1.82) is 0 Å². The van der Waals surface area contributed by atoms with Crippen molar-refractivity contribution in [3.63, 3.8) is 0 Å². The molecule has 0 unspecified atom stereocenters. The zero-order valence-corrected chi connectivity index (χ0v) is 18.4. The van der Waals surface area contributed by atoms with Crippen LogP contribution in [-0.2, 0) is 19.6 Å². The Bertz CT molecular complexity index is 1070. The second-order valence-electron chi connectivity index (χ2n) is 7.32. The average Bonchev–Trinajstić information content (AvgIpc) is 3.28. The molecule has 3 N–H and O–H groups in total. The maximum absolute atomic E-state index is 13.3. The number of hydrogen-bond acceptors (Lipinski definition) is 5. The summed E-state index contributed by atoms with van der Waals surface area (Å²) in [5, 5.41) is 8.29. The number of nitrogens with zero attached hydrogens (tertiary/aromatic N) is 2. The summed E-state index contributed by atoms with van der Waals surface area (Å²) in [6, 6.07) is 7.08. The van der Waals surface area contributed by atoms with Crippen molar-refractivity contribution in [2.24, 2.45) is 12.8 Å². The van der Waals surface area contributed by atoms with Gasteiger partial charge in [0.2, 0.25) is 0 Å². The average molecular weight is 451 g/mol. The Hall–Kier alpha value is -2.65. The normalized spacial score (nSPS) is 12.7. The lowest BCUT2D eigenvalue weighted by Crippen LogP contribution is -2.31. The summed E-state index contributed by atoms with van der Waals surface area (Å²) in [6.45, 7) is 3.91. The minimum absolute atomic E-state index is 0.00630. The maximum atomic E-state index is 13.3. The molecular weight excluding hydrogens is 425 g/mol. The lowest BCUT2D eigenvalue weighted by atomic mass is 9.99.